The molecule has 0 spiro atoms. The minimum Gasteiger partial charge on any atom is -0.0683 e. The Hall–Kier alpha value is 0. The summed E-state index contributed by atoms with van der Waals surface area (Å²) in [7, 11) is 0. The Morgan fingerprint density at radius 2 is 1.20 bits per heavy atom. The fraction of sp³-hybridized carbons (Fsp3) is 1.00. The van der Waals surface area contributed by atoms with Crippen LogP contribution in [0.25, 0.3) is 0 Å². The van der Waals surface area contributed by atoms with Crippen LogP contribution in [0.4, 0.5) is 0 Å². The first-order valence-corrected chi connectivity index (χ1v) is 9.70. The first kappa shape index (κ1) is 28.2. The zero-order valence-electron chi connectivity index (χ0n) is 17.1. The number of rotatable bonds is 5. The quantitative estimate of drug-likeness (QED) is 0.478. The summed E-state index contributed by atoms with van der Waals surface area (Å²) in [6.07, 6.45) is 5.70. The lowest BCUT2D eigenvalue weighted by atomic mass is 9.84. The Labute approximate surface area is 133 Å². The monoisotopic (exact) mass is 288 g/mol. The summed E-state index contributed by atoms with van der Waals surface area (Å²) in [6.45, 7) is 25.5. The van der Waals surface area contributed by atoms with Crippen molar-refractivity contribution < 1.29 is 0 Å². The summed E-state index contributed by atoms with van der Waals surface area (Å²) in [4.78, 5) is 0. The highest BCUT2D eigenvalue weighted by molar-refractivity contribution is 4.89. The molecule has 0 heteroatoms. The van der Waals surface area contributed by atoms with Gasteiger partial charge in [0.1, 0.15) is 0 Å². The third-order valence-corrected chi connectivity index (χ3v) is 3.67. The predicted octanol–water partition coefficient (Wildman–Crippen LogP) is 8.21. The largest absolute Gasteiger partial charge is 0.0683 e. The standard InChI is InChI=1S/C12H24.4C2H6/c1-5-7-9(3)11(6-2)12-8-10(12)4;4*1-2/h9-12H,5-8H2,1-4H3;4*1-2H3. The van der Waals surface area contributed by atoms with E-state index in [2.05, 4.69) is 27.7 Å². The normalized spacial score (nSPS) is 21.0. The van der Waals surface area contributed by atoms with Gasteiger partial charge in [-0.2, -0.15) is 0 Å². The molecule has 1 rings (SSSR count). The minimum atomic E-state index is 0.968. The maximum atomic E-state index is 2.45. The fourth-order valence-electron chi connectivity index (χ4n) is 2.74. The summed E-state index contributed by atoms with van der Waals surface area (Å²) in [6, 6.07) is 0. The molecular formula is C20H48. The molecule has 0 heterocycles. The van der Waals surface area contributed by atoms with Crippen molar-refractivity contribution in [2.24, 2.45) is 23.7 Å². The second-order valence-electron chi connectivity index (χ2n) is 4.71. The van der Waals surface area contributed by atoms with Gasteiger partial charge in [-0.05, 0) is 30.1 Å². The van der Waals surface area contributed by atoms with E-state index in [-0.39, 0.29) is 0 Å². The van der Waals surface area contributed by atoms with Gasteiger partial charge in [0.25, 0.3) is 0 Å². The molecule has 1 aliphatic carbocycles. The SMILES string of the molecule is CC.CC.CC.CC.CCCC(C)C(CC)C1CC1C. The van der Waals surface area contributed by atoms with Crippen LogP contribution < -0.4 is 0 Å². The van der Waals surface area contributed by atoms with Gasteiger partial charge in [-0.15, -0.1) is 0 Å². The van der Waals surface area contributed by atoms with Crippen LogP contribution in [0.5, 0.6) is 0 Å². The molecule has 0 radical (unpaired) electrons. The zero-order chi connectivity index (χ0) is 17.1. The third kappa shape index (κ3) is 14.4. The Kier molecular flexibility index (Phi) is 33.9. The second kappa shape index (κ2) is 24.0. The smallest absolute Gasteiger partial charge is 0.0355 e. The van der Waals surface area contributed by atoms with Crippen molar-refractivity contribution in [1.82, 2.24) is 0 Å². The molecule has 1 saturated carbocycles. The molecule has 4 atom stereocenters. The maximum absolute atomic E-state index is 2.45. The number of hydrogen-bond acceptors (Lipinski definition) is 0. The summed E-state index contributed by atoms with van der Waals surface area (Å²) in [5.41, 5.74) is 0. The highest BCUT2D eigenvalue weighted by atomic mass is 14.4. The fourth-order valence-corrected chi connectivity index (χ4v) is 2.74. The van der Waals surface area contributed by atoms with Gasteiger partial charge in [0.05, 0.1) is 0 Å². The Balaban J connectivity index is -0.000000138. The summed E-state index contributed by atoms with van der Waals surface area (Å²) < 4.78 is 0. The van der Waals surface area contributed by atoms with Crippen LogP contribution in [0.15, 0.2) is 0 Å². The molecule has 128 valence electrons. The van der Waals surface area contributed by atoms with Crippen molar-refractivity contribution >= 4 is 0 Å². The topological polar surface area (TPSA) is 0 Å². The van der Waals surface area contributed by atoms with Crippen LogP contribution in [0.2, 0.25) is 0 Å². The molecule has 0 amide bonds. The maximum Gasteiger partial charge on any atom is -0.0355 e. The molecule has 4 unspecified atom stereocenters. The molecular weight excluding hydrogens is 240 g/mol. The van der Waals surface area contributed by atoms with Crippen molar-refractivity contribution in [2.45, 2.75) is 109 Å². The molecule has 0 nitrogen and oxygen atoms in total. The minimum absolute atomic E-state index is 0.968. The third-order valence-electron chi connectivity index (χ3n) is 3.67. The van der Waals surface area contributed by atoms with E-state index in [0.717, 1.165) is 23.7 Å². The van der Waals surface area contributed by atoms with E-state index < -0.39 is 0 Å². The van der Waals surface area contributed by atoms with Crippen molar-refractivity contribution in [3.8, 4) is 0 Å². The van der Waals surface area contributed by atoms with Crippen LogP contribution in [0, 0.1) is 23.7 Å². The molecule has 0 N–H and O–H groups in total. The van der Waals surface area contributed by atoms with Crippen molar-refractivity contribution in [1.29, 1.82) is 0 Å². The molecule has 0 bridgehead atoms. The van der Waals surface area contributed by atoms with Crippen LogP contribution in [0.1, 0.15) is 109 Å². The van der Waals surface area contributed by atoms with Crippen molar-refractivity contribution in [3.05, 3.63) is 0 Å². The first-order valence-electron chi connectivity index (χ1n) is 9.70. The Morgan fingerprint density at radius 3 is 1.40 bits per heavy atom. The van der Waals surface area contributed by atoms with Gasteiger partial charge in [0, 0.05) is 0 Å². The number of hydrogen-bond donors (Lipinski definition) is 0. The van der Waals surface area contributed by atoms with Gasteiger partial charge in [-0.1, -0.05) is 102 Å². The average Bonchev–Trinajstić information content (AvgIpc) is 3.25. The average molecular weight is 289 g/mol. The van der Waals surface area contributed by atoms with Gasteiger partial charge in [0.2, 0.25) is 0 Å². The van der Waals surface area contributed by atoms with E-state index in [9.17, 15) is 0 Å². The molecule has 20 heavy (non-hydrogen) atoms. The lowest BCUT2D eigenvalue weighted by molar-refractivity contribution is 0.280. The van der Waals surface area contributed by atoms with Gasteiger partial charge in [-0.25, -0.2) is 0 Å². The summed E-state index contributed by atoms with van der Waals surface area (Å²) >= 11 is 0. The first-order chi connectivity index (χ1) is 9.70. The van der Waals surface area contributed by atoms with E-state index in [1.807, 2.05) is 55.4 Å². The van der Waals surface area contributed by atoms with Crippen LogP contribution in [-0.4, -0.2) is 0 Å². The van der Waals surface area contributed by atoms with Gasteiger partial charge in [0.15, 0.2) is 0 Å². The van der Waals surface area contributed by atoms with E-state index >= 15 is 0 Å². The summed E-state index contributed by atoms with van der Waals surface area (Å²) in [5, 5.41) is 0. The zero-order valence-corrected chi connectivity index (χ0v) is 17.1. The van der Waals surface area contributed by atoms with Gasteiger partial charge in [-0.3, -0.25) is 0 Å². The lowest BCUT2D eigenvalue weighted by Crippen LogP contribution is -2.13. The summed E-state index contributed by atoms with van der Waals surface area (Å²) in [5.74, 6) is 4.11. The predicted molar refractivity (Wildman–Crippen MR) is 101 cm³/mol. The highest BCUT2D eigenvalue weighted by Crippen LogP contribution is 2.48. The van der Waals surface area contributed by atoms with E-state index in [4.69, 9.17) is 0 Å². The molecule has 0 aromatic heterocycles. The molecule has 0 aliphatic heterocycles. The van der Waals surface area contributed by atoms with E-state index in [0.29, 0.717) is 0 Å². The lowest BCUT2D eigenvalue weighted by Gasteiger charge is -2.22. The molecule has 0 aromatic rings. The second-order valence-corrected chi connectivity index (χ2v) is 4.71. The molecule has 0 saturated heterocycles. The van der Waals surface area contributed by atoms with E-state index in [1.54, 1.807) is 0 Å². The van der Waals surface area contributed by atoms with Gasteiger partial charge < -0.3 is 0 Å². The van der Waals surface area contributed by atoms with Crippen molar-refractivity contribution in [3.63, 3.8) is 0 Å². The van der Waals surface area contributed by atoms with E-state index in [1.165, 1.54) is 25.7 Å². The van der Waals surface area contributed by atoms with Gasteiger partial charge >= 0.3 is 0 Å². The molecule has 1 aliphatic rings. The van der Waals surface area contributed by atoms with Crippen LogP contribution >= 0.6 is 0 Å². The highest BCUT2D eigenvalue weighted by Gasteiger charge is 2.40. The Morgan fingerprint density at radius 1 is 0.850 bits per heavy atom. The molecule has 0 aromatic carbocycles. The van der Waals surface area contributed by atoms with Crippen LogP contribution in [0.3, 0.4) is 0 Å². The Bertz CT molecular complexity index is 128. The molecule has 1 fully saturated rings. The van der Waals surface area contributed by atoms with Crippen molar-refractivity contribution in [2.75, 3.05) is 0 Å². The van der Waals surface area contributed by atoms with Crippen LogP contribution in [-0.2, 0) is 0 Å².